The van der Waals surface area contributed by atoms with Crippen LogP contribution in [0.5, 0.6) is 5.75 Å². The number of halogens is 1. The zero-order valence-corrected chi connectivity index (χ0v) is 17.5. The Morgan fingerprint density at radius 2 is 1.86 bits per heavy atom. The van der Waals surface area contributed by atoms with Gasteiger partial charge in [0.1, 0.15) is 5.75 Å². The van der Waals surface area contributed by atoms with E-state index in [9.17, 15) is 14.7 Å². The summed E-state index contributed by atoms with van der Waals surface area (Å²) in [6.07, 6.45) is 3.61. The van der Waals surface area contributed by atoms with Crippen LogP contribution in [-0.2, 0) is 11.3 Å². The molecule has 1 amide bonds. The van der Waals surface area contributed by atoms with Crippen LogP contribution in [0.4, 0.5) is 0 Å². The molecule has 0 spiro atoms. The Bertz CT molecular complexity index is 1090. The smallest absolute Gasteiger partial charge is 0.261 e. The van der Waals surface area contributed by atoms with E-state index in [-0.39, 0.29) is 23.6 Å². The Morgan fingerprint density at radius 3 is 2.59 bits per heavy atom. The minimum Gasteiger partial charge on any atom is -0.508 e. The molecule has 150 valence electrons. The highest BCUT2D eigenvalue weighted by Gasteiger charge is 2.23. The maximum absolute atomic E-state index is 12.7. The van der Waals surface area contributed by atoms with Gasteiger partial charge in [-0.15, -0.1) is 0 Å². The third kappa shape index (κ3) is 4.34. The lowest BCUT2D eigenvalue weighted by Crippen LogP contribution is -2.38. The number of benzene rings is 2. The van der Waals surface area contributed by atoms with Crippen LogP contribution in [0.25, 0.3) is 10.9 Å². The number of hydrogen-bond donors (Lipinski definition) is 1. The molecule has 1 saturated heterocycles. The highest BCUT2D eigenvalue weighted by Crippen LogP contribution is 2.29. The highest BCUT2D eigenvalue weighted by atomic mass is 79.9. The van der Waals surface area contributed by atoms with E-state index in [0.29, 0.717) is 36.5 Å². The number of aryl methyl sites for hydroxylation is 1. The summed E-state index contributed by atoms with van der Waals surface area (Å²) in [6, 6.07) is 12.7. The lowest BCUT2D eigenvalue weighted by atomic mass is 9.89. The van der Waals surface area contributed by atoms with Crippen LogP contribution < -0.4 is 5.56 Å². The number of carbonyl (C=O) groups is 1. The predicted molar refractivity (Wildman–Crippen MR) is 115 cm³/mol. The maximum Gasteiger partial charge on any atom is 0.261 e. The number of hydrogen-bond acceptors (Lipinski definition) is 4. The van der Waals surface area contributed by atoms with Crippen molar-refractivity contribution in [1.82, 2.24) is 14.5 Å². The third-order valence-corrected chi connectivity index (χ3v) is 6.06. The zero-order valence-electron chi connectivity index (χ0n) is 15.9. The summed E-state index contributed by atoms with van der Waals surface area (Å²) in [5.74, 6) is 0.743. The van der Waals surface area contributed by atoms with E-state index < -0.39 is 0 Å². The topological polar surface area (TPSA) is 75.4 Å². The number of likely N-dealkylation sites (tertiary alicyclic amines) is 1. The molecule has 7 heteroatoms. The minimum atomic E-state index is -0.130. The molecule has 2 heterocycles. The van der Waals surface area contributed by atoms with Gasteiger partial charge >= 0.3 is 0 Å². The normalized spacial score (nSPS) is 15.0. The minimum absolute atomic E-state index is 0.0652. The fourth-order valence-corrected chi connectivity index (χ4v) is 4.23. The highest BCUT2D eigenvalue weighted by molar-refractivity contribution is 9.10. The molecule has 0 radical (unpaired) electrons. The van der Waals surface area contributed by atoms with Gasteiger partial charge in [0.25, 0.3) is 5.56 Å². The van der Waals surface area contributed by atoms with Crippen molar-refractivity contribution in [2.24, 2.45) is 0 Å². The molecule has 6 nitrogen and oxygen atoms in total. The first-order valence-corrected chi connectivity index (χ1v) is 10.5. The summed E-state index contributed by atoms with van der Waals surface area (Å²) in [6.45, 7) is 1.75. The van der Waals surface area contributed by atoms with Gasteiger partial charge in [0.15, 0.2) is 0 Å². The van der Waals surface area contributed by atoms with Crippen molar-refractivity contribution in [3.63, 3.8) is 0 Å². The molecule has 4 rings (SSSR count). The van der Waals surface area contributed by atoms with Gasteiger partial charge in [-0.3, -0.25) is 14.2 Å². The summed E-state index contributed by atoms with van der Waals surface area (Å²) in [5, 5.41) is 9.98. The van der Waals surface area contributed by atoms with Crippen LogP contribution in [-0.4, -0.2) is 38.6 Å². The van der Waals surface area contributed by atoms with E-state index >= 15 is 0 Å². The summed E-state index contributed by atoms with van der Waals surface area (Å²) < 4.78 is 2.34. The Balaban J connectivity index is 1.36. The van der Waals surface area contributed by atoms with Gasteiger partial charge in [0.2, 0.25) is 5.91 Å². The second kappa shape index (κ2) is 8.37. The van der Waals surface area contributed by atoms with Gasteiger partial charge in [0, 0.05) is 30.5 Å². The van der Waals surface area contributed by atoms with Crippen LogP contribution in [0, 0.1) is 0 Å². The number of nitrogens with zero attached hydrogens (tertiary/aromatic N) is 3. The molecule has 1 aromatic heterocycles. The molecular weight excluding hydrogens is 434 g/mol. The maximum atomic E-state index is 12.7. The predicted octanol–water partition coefficient (Wildman–Crippen LogP) is 3.66. The van der Waals surface area contributed by atoms with Crippen molar-refractivity contribution in [3.05, 3.63) is 69.2 Å². The molecule has 1 N–H and O–H groups in total. The summed E-state index contributed by atoms with van der Waals surface area (Å²) in [5.41, 5.74) is 1.72. The second-order valence-electron chi connectivity index (χ2n) is 7.40. The van der Waals surface area contributed by atoms with Crippen LogP contribution >= 0.6 is 15.9 Å². The van der Waals surface area contributed by atoms with Gasteiger partial charge < -0.3 is 10.0 Å². The standard InChI is InChI=1S/C22H22BrN3O3/c23-17-3-6-20-19(13-17)22(29)26(14-24-20)12-9-21(28)25-10-7-16(8-11-25)15-1-4-18(27)5-2-15/h1-6,13-14,16,27H,7-12H2. The summed E-state index contributed by atoms with van der Waals surface area (Å²) in [7, 11) is 0. The summed E-state index contributed by atoms with van der Waals surface area (Å²) in [4.78, 5) is 31.5. The number of aromatic hydroxyl groups is 1. The van der Waals surface area contributed by atoms with Gasteiger partial charge in [-0.05, 0) is 54.7 Å². The van der Waals surface area contributed by atoms with Crippen molar-refractivity contribution in [2.45, 2.75) is 31.7 Å². The number of rotatable bonds is 4. The Kier molecular flexibility index (Phi) is 5.67. The molecule has 0 atom stereocenters. The zero-order chi connectivity index (χ0) is 20.4. The lowest BCUT2D eigenvalue weighted by molar-refractivity contribution is -0.132. The van der Waals surface area contributed by atoms with Gasteiger partial charge in [0.05, 0.1) is 17.2 Å². The van der Waals surface area contributed by atoms with E-state index in [1.165, 1.54) is 16.5 Å². The van der Waals surface area contributed by atoms with E-state index in [4.69, 9.17) is 0 Å². The number of piperidine rings is 1. The number of carbonyl (C=O) groups excluding carboxylic acids is 1. The first-order chi connectivity index (χ1) is 14.0. The number of phenolic OH excluding ortho intramolecular Hbond substituents is 1. The Morgan fingerprint density at radius 1 is 1.14 bits per heavy atom. The molecule has 0 unspecified atom stereocenters. The van der Waals surface area contributed by atoms with Gasteiger partial charge in [-0.25, -0.2) is 4.98 Å². The fourth-order valence-electron chi connectivity index (χ4n) is 3.87. The number of amides is 1. The third-order valence-electron chi connectivity index (χ3n) is 5.56. The molecule has 1 aliphatic heterocycles. The largest absolute Gasteiger partial charge is 0.508 e. The van der Waals surface area contributed by atoms with E-state index in [2.05, 4.69) is 20.9 Å². The number of phenols is 1. The molecule has 29 heavy (non-hydrogen) atoms. The first kappa shape index (κ1) is 19.6. The first-order valence-electron chi connectivity index (χ1n) is 9.72. The number of fused-ring (bicyclic) bond motifs is 1. The van der Waals surface area contributed by atoms with Gasteiger partial charge in [-0.1, -0.05) is 28.1 Å². The quantitative estimate of drug-likeness (QED) is 0.651. The summed E-state index contributed by atoms with van der Waals surface area (Å²) >= 11 is 3.38. The molecule has 1 fully saturated rings. The van der Waals surface area contributed by atoms with E-state index in [1.807, 2.05) is 23.1 Å². The van der Waals surface area contributed by atoms with Crippen molar-refractivity contribution in [3.8, 4) is 5.75 Å². The SMILES string of the molecule is O=C(CCn1cnc2ccc(Br)cc2c1=O)N1CCC(c2ccc(O)cc2)CC1. The van der Waals surface area contributed by atoms with Crippen molar-refractivity contribution in [1.29, 1.82) is 0 Å². The van der Waals surface area contributed by atoms with Crippen LogP contribution in [0.2, 0.25) is 0 Å². The lowest BCUT2D eigenvalue weighted by Gasteiger charge is -2.32. The van der Waals surface area contributed by atoms with Crippen molar-refractivity contribution < 1.29 is 9.90 Å². The molecule has 3 aromatic rings. The molecule has 0 saturated carbocycles. The fraction of sp³-hybridized carbons (Fsp3) is 0.318. The Labute approximate surface area is 176 Å². The number of aromatic nitrogens is 2. The van der Waals surface area contributed by atoms with Crippen LogP contribution in [0.15, 0.2) is 58.1 Å². The Hall–Kier alpha value is -2.67. The molecular formula is C22H22BrN3O3. The van der Waals surface area contributed by atoms with Crippen molar-refractivity contribution in [2.75, 3.05) is 13.1 Å². The average molecular weight is 456 g/mol. The van der Waals surface area contributed by atoms with Crippen LogP contribution in [0.3, 0.4) is 0 Å². The second-order valence-corrected chi connectivity index (χ2v) is 8.32. The molecule has 1 aliphatic rings. The van der Waals surface area contributed by atoms with Crippen LogP contribution in [0.1, 0.15) is 30.7 Å². The average Bonchev–Trinajstić information content (AvgIpc) is 2.74. The molecule has 0 aliphatic carbocycles. The van der Waals surface area contributed by atoms with Crippen molar-refractivity contribution >= 4 is 32.7 Å². The van der Waals surface area contributed by atoms with Gasteiger partial charge in [-0.2, -0.15) is 0 Å². The van der Waals surface area contributed by atoms with E-state index in [0.717, 1.165) is 17.3 Å². The monoisotopic (exact) mass is 455 g/mol. The molecule has 2 aromatic carbocycles. The molecule has 0 bridgehead atoms. The van der Waals surface area contributed by atoms with E-state index in [1.54, 1.807) is 24.3 Å².